The number of hydrogen-bond acceptors (Lipinski definition) is 5. The van der Waals surface area contributed by atoms with Crippen LogP contribution in [0.15, 0.2) is 29.2 Å². The fourth-order valence-corrected chi connectivity index (χ4v) is 3.74. The van der Waals surface area contributed by atoms with Crippen LogP contribution in [0.4, 0.5) is 0 Å². The van der Waals surface area contributed by atoms with E-state index in [2.05, 4.69) is 28.6 Å². The number of rotatable bonds is 5. The summed E-state index contributed by atoms with van der Waals surface area (Å²) >= 11 is 0. The van der Waals surface area contributed by atoms with E-state index < -0.39 is 10.0 Å². The quantitative estimate of drug-likeness (QED) is 0.870. The molecule has 1 saturated heterocycles. The van der Waals surface area contributed by atoms with Crippen molar-refractivity contribution < 1.29 is 8.42 Å². The van der Waals surface area contributed by atoms with Crippen LogP contribution in [0.2, 0.25) is 0 Å². The summed E-state index contributed by atoms with van der Waals surface area (Å²) in [6, 6.07) is 7.81. The lowest BCUT2D eigenvalue weighted by Gasteiger charge is -2.24. The monoisotopic (exact) mass is 308 g/mol. The Hall–Kier alpha value is -1.46. The molecule has 0 bridgehead atoms. The largest absolute Gasteiger partial charge is 0.240 e. The van der Waals surface area contributed by atoms with E-state index in [9.17, 15) is 8.42 Å². The molecule has 7 heteroatoms. The van der Waals surface area contributed by atoms with Crippen LogP contribution in [0.25, 0.3) is 0 Å². The van der Waals surface area contributed by atoms with Gasteiger partial charge in [-0.05, 0) is 24.3 Å². The Morgan fingerprint density at radius 2 is 1.71 bits per heavy atom. The van der Waals surface area contributed by atoms with E-state index in [1.165, 1.54) is 24.3 Å². The summed E-state index contributed by atoms with van der Waals surface area (Å²) in [6.07, 6.45) is 0. The first kappa shape index (κ1) is 15.9. The average molecular weight is 308 g/mol. The summed E-state index contributed by atoms with van der Waals surface area (Å²) in [7, 11) is -3.54. The van der Waals surface area contributed by atoms with Gasteiger partial charge in [0.25, 0.3) is 0 Å². The molecule has 21 heavy (non-hydrogen) atoms. The van der Waals surface area contributed by atoms with Crippen molar-refractivity contribution in [1.82, 2.24) is 14.7 Å². The van der Waals surface area contributed by atoms with Crippen molar-refractivity contribution in [1.29, 1.82) is 5.26 Å². The van der Waals surface area contributed by atoms with Gasteiger partial charge < -0.3 is 0 Å². The second kappa shape index (κ2) is 6.54. The maximum Gasteiger partial charge on any atom is 0.240 e. The van der Waals surface area contributed by atoms with Gasteiger partial charge in [0, 0.05) is 26.2 Å². The van der Waals surface area contributed by atoms with Crippen molar-refractivity contribution in [3.8, 4) is 6.07 Å². The molecular weight excluding hydrogens is 288 g/mol. The zero-order chi connectivity index (χ0) is 15.5. The number of nitriles is 1. The van der Waals surface area contributed by atoms with Crippen molar-refractivity contribution in [2.75, 3.05) is 26.2 Å². The van der Waals surface area contributed by atoms with Crippen LogP contribution in [0, 0.1) is 11.3 Å². The van der Waals surface area contributed by atoms with E-state index >= 15 is 0 Å². The number of hydrogen-bond donors (Lipinski definition) is 1. The highest BCUT2D eigenvalue weighted by molar-refractivity contribution is 7.89. The van der Waals surface area contributed by atoms with Crippen molar-refractivity contribution in [2.24, 2.45) is 0 Å². The Labute approximate surface area is 126 Å². The maximum atomic E-state index is 12.3. The summed E-state index contributed by atoms with van der Waals surface area (Å²) < 4.78 is 27.4. The van der Waals surface area contributed by atoms with Crippen molar-refractivity contribution >= 4 is 10.0 Å². The Kier molecular flexibility index (Phi) is 4.96. The molecule has 0 radical (unpaired) electrons. The number of hydrazine groups is 1. The van der Waals surface area contributed by atoms with Crippen LogP contribution in [-0.2, 0) is 10.0 Å². The van der Waals surface area contributed by atoms with Gasteiger partial charge in [-0.3, -0.25) is 0 Å². The lowest BCUT2D eigenvalue weighted by Crippen LogP contribution is -2.38. The first-order valence-corrected chi connectivity index (χ1v) is 8.50. The predicted octanol–water partition coefficient (Wildman–Crippen LogP) is 0.778. The maximum absolute atomic E-state index is 12.3. The summed E-state index contributed by atoms with van der Waals surface area (Å²) in [6.45, 7) is 7.20. The normalized spacial score (nSPS) is 18.0. The first-order valence-electron chi connectivity index (χ1n) is 7.02. The molecule has 2 rings (SSSR count). The fraction of sp³-hybridized carbons (Fsp3) is 0.500. The third-order valence-corrected chi connectivity index (χ3v) is 5.14. The van der Waals surface area contributed by atoms with Gasteiger partial charge in [0.15, 0.2) is 0 Å². The van der Waals surface area contributed by atoms with Gasteiger partial charge in [-0.15, -0.1) is 0 Å². The molecule has 0 atom stereocenters. The molecule has 1 N–H and O–H groups in total. The van der Waals surface area contributed by atoms with Crippen LogP contribution in [0.5, 0.6) is 0 Å². The van der Waals surface area contributed by atoms with E-state index in [-0.39, 0.29) is 10.9 Å². The molecular formula is C14H20N4O2S. The van der Waals surface area contributed by atoms with Gasteiger partial charge in [-0.25, -0.2) is 23.2 Å². The Balaban J connectivity index is 2.09. The van der Waals surface area contributed by atoms with Crippen LogP contribution in [0.3, 0.4) is 0 Å². The van der Waals surface area contributed by atoms with E-state index in [0.29, 0.717) is 18.7 Å². The third-order valence-electron chi connectivity index (χ3n) is 3.61. The highest BCUT2D eigenvalue weighted by Gasteiger charge is 2.31. The lowest BCUT2D eigenvalue weighted by atomic mass is 10.2. The standard InChI is InChI=1S/C14H20N4O2S/c1-3-17-10-13(11-18(17)4-2)16-21(19,20)14-7-5-12(9-15)6-8-14/h5-8,13,16H,3-4,10-11H2,1-2H3. The van der Waals surface area contributed by atoms with Gasteiger partial charge in [0.1, 0.15) is 0 Å². The summed E-state index contributed by atoms with van der Waals surface area (Å²) in [5.74, 6) is 0. The van der Waals surface area contributed by atoms with Gasteiger partial charge in [-0.2, -0.15) is 5.26 Å². The van der Waals surface area contributed by atoms with Crippen molar-refractivity contribution in [2.45, 2.75) is 24.8 Å². The molecule has 1 heterocycles. The topological polar surface area (TPSA) is 76.4 Å². The molecule has 6 nitrogen and oxygen atoms in total. The van der Waals surface area contributed by atoms with Crippen LogP contribution in [0.1, 0.15) is 19.4 Å². The van der Waals surface area contributed by atoms with E-state index in [1.54, 1.807) is 0 Å². The SMILES string of the molecule is CCN1CC(NS(=O)(=O)c2ccc(C#N)cc2)CN1CC. The molecule has 114 valence electrons. The van der Waals surface area contributed by atoms with E-state index in [0.717, 1.165) is 13.1 Å². The van der Waals surface area contributed by atoms with E-state index in [4.69, 9.17) is 5.26 Å². The summed E-state index contributed by atoms with van der Waals surface area (Å²) in [5.41, 5.74) is 0.448. The van der Waals surface area contributed by atoms with Gasteiger partial charge in [0.05, 0.1) is 22.6 Å². The minimum atomic E-state index is -3.54. The van der Waals surface area contributed by atoms with Crippen molar-refractivity contribution in [3.63, 3.8) is 0 Å². The van der Waals surface area contributed by atoms with Crippen LogP contribution in [-0.4, -0.2) is 50.7 Å². The zero-order valence-corrected chi connectivity index (χ0v) is 13.1. The second-order valence-electron chi connectivity index (χ2n) is 4.96. The van der Waals surface area contributed by atoms with Crippen molar-refractivity contribution in [3.05, 3.63) is 29.8 Å². The molecule has 1 aliphatic heterocycles. The highest BCUT2D eigenvalue weighted by Crippen LogP contribution is 2.15. The molecule has 1 aromatic carbocycles. The minimum Gasteiger partial charge on any atom is -0.240 e. The molecule has 1 aliphatic rings. The van der Waals surface area contributed by atoms with Gasteiger partial charge >= 0.3 is 0 Å². The smallest absolute Gasteiger partial charge is 0.240 e. The summed E-state index contributed by atoms with van der Waals surface area (Å²) in [5, 5.41) is 13.0. The minimum absolute atomic E-state index is 0.120. The number of nitrogens with one attached hydrogen (secondary N) is 1. The van der Waals surface area contributed by atoms with Crippen LogP contribution < -0.4 is 4.72 Å². The highest BCUT2D eigenvalue weighted by atomic mass is 32.2. The second-order valence-corrected chi connectivity index (χ2v) is 6.68. The number of sulfonamides is 1. The zero-order valence-electron chi connectivity index (χ0n) is 12.3. The Morgan fingerprint density at radius 1 is 1.19 bits per heavy atom. The first-order chi connectivity index (χ1) is 10.00. The van der Waals surface area contributed by atoms with Gasteiger partial charge in [-0.1, -0.05) is 13.8 Å². The summed E-state index contributed by atoms with van der Waals surface area (Å²) in [4.78, 5) is 0.194. The lowest BCUT2D eigenvalue weighted by molar-refractivity contribution is 0.0388. The Morgan fingerprint density at radius 3 is 2.14 bits per heavy atom. The number of nitrogens with zero attached hydrogens (tertiary/aromatic N) is 3. The van der Waals surface area contributed by atoms with E-state index in [1.807, 2.05) is 6.07 Å². The molecule has 0 aromatic heterocycles. The molecule has 0 unspecified atom stereocenters. The number of benzene rings is 1. The van der Waals surface area contributed by atoms with Crippen LogP contribution >= 0.6 is 0 Å². The molecule has 1 aromatic rings. The number of likely N-dealkylation sites (N-methyl/N-ethyl adjacent to an activating group) is 2. The predicted molar refractivity (Wildman–Crippen MR) is 79.8 cm³/mol. The Bertz CT molecular complexity index is 609. The average Bonchev–Trinajstić information content (AvgIpc) is 2.88. The fourth-order valence-electron chi connectivity index (χ4n) is 2.53. The molecule has 0 aliphatic carbocycles. The molecule has 0 amide bonds. The molecule has 1 fully saturated rings. The van der Waals surface area contributed by atoms with Gasteiger partial charge in [0.2, 0.25) is 10.0 Å². The molecule has 0 spiro atoms. The molecule has 0 saturated carbocycles. The third kappa shape index (κ3) is 3.60.